The Labute approximate surface area is 122 Å². The van der Waals surface area contributed by atoms with Crippen molar-refractivity contribution >= 4 is 35.1 Å². The van der Waals surface area contributed by atoms with Crippen LogP contribution in [0.2, 0.25) is 10.0 Å². The fourth-order valence-corrected chi connectivity index (χ4v) is 1.80. The van der Waals surface area contributed by atoms with E-state index in [9.17, 15) is 18.4 Å². The smallest absolute Gasteiger partial charge is 0.387 e. The van der Waals surface area contributed by atoms with Gasteiger partial charge in [0.2, 0.25) is 0 Å². The molecule has 0 aromatic heterocycles. The molecule has 110 valence electrons. The number of methoxy groups -OCH3 is 1. The summed E-state index contributed by atoms with van der Waals surface area (Å²) in [5.41, 5.74) is -0.313. The van der Waals surface area contributed by atoms with Crippen LogP contribution in [-0.4, -0.2) is 32.1 Å². The van der Waals surface area contributed by atoms with E-state index in [0.717, 1.165) is 19.2 Å². The maximum Gasteiger partial charge on any atom is 0.387 e. The summed E-state index contributed by atoms with van der Waals surface area (Å²) < 4.78 is 33.1. The van der Waals surface area contributed by atoms with Gasteiger partial charge in [-0.3, -0.25) is 9.59 Å². The fourth-order valence-electron chi connectivity index (χ4n) is 1.26. The first-order chi connectivity index (χ1) is 9.35. The van der Waals surface area contributed by atoms with Crippen molar-refractivity contribution in [3.8, 4) is 5.75 Å². The predicted octanol–water partition coefficient (Wildman–Crippen LogP) is 2.50. The molecule has 0 heterocycles. The molecule has 0 aliphatic carbocycles. The number of amides is 1. The predicted molar refractivity (Wildman–Crippen MR) is 67.4 cm³/mol. The van der Waals surface area contributed by atoms with Gasteiger partial charge in [-0.05, 0) is 12.1 Å². The Hall–Kier alpha value is -1.60. The molecular formula is C11H9Cl2F2NO4. The van der Waals surface area contributed by atoms with Crippen molar-refractivity contribution in [3.05, 3.63) is 27.7 Å². The summed E-state index contributed by atoms with van der Waals surface area (Å²) in [5.74, 6) is -2.08. The molecule has 0 aliphatic rings. The molecule has 1 N–H and O–H groups in total. The summed E-state index contributed by atoms with van der Waals surface area (Å²) >= 11 is 11.4. The second-order valence-electron chi connectivity index (χ2n) is 3.40. The second kappa shape index (κ2) is 7.25. The van der Waals surface area contributed by atoms with Crippen molar-refractivity contribution in [2.45, 2.75) is 6.61 Å². The molecule has 1 aromatic carbocycles. The van der Waals surface area contributed by atoms with Gasteiger partial charge in [0.1, 0.15) is 6.54 Å². The first-order valence-corrected chi connectivity index (χ1v) is 5.89. The van der Waals surface area contributed by atoms with Gasteiger partial charge in [-0.25, -0.2) is 0 Å². The zero-order valence-electron chi connectivity index (χ0n) is 10.1. The topological polar surface area (TPSA) is 64.6 Å². The zero-order chi connectivity index (χ0) is 15.3. The first-order valence-electron chi connectivity index (χ1n) is 5.14. The third-order valence-electron chi connectivity index (χ3n) is 2.08. The summed E-state index contributed by atoms with van der Waals surface area (Å²) in [6.07, 6.45) is 0. The van der Waals surface area contributed by atoms with Crippen LogP contribution in [0, 0.1) is 0 Å². The Balaban J connectivity index is 3.02. The lowest BCUT2D eigenvalue weighted by atomic mass is 10.2. The van der Waals surface area contributed by atoms with Crippen molar-refractivity contribution in [3.63, 3.8) is 0 Å². The van der Waals surface area contributed by atoms with Crippen molar-refractivity contribution < 1.29 is 27.8 Å². The second-order valence-corrected chi connectivity index (χ2v) is 4.25. The SMILES string of the molecule is COC(=O)CNC(=O)c1cc(Cl)cc(Cl)c1OC(F)F. The quantitative estimate of drug-likeness (QED) is 0.844. The number of nitrogens with one attached hydrogen (secondary N) is 1. The molecule has 5 nitrogen and oxygen atoms in total. The third kappa shape index (κ3) is 4.50. The molecule has 0 spiro atoms. The number of rotatable bonds is 5. The Morgan fingerprint density at radius 1 is 1.35 bits per heavy atom. The molecule has 1 amide bonds. The van der Waals surface area contributed by atoms with Gasteiger partial charge in [-0.1, -0.05) is 23.2 Å². The summed E-state index contributed by atoms with van der Waals surface area (Å²) in [4.78, 5) is 22.7. The number of alkyl halides is 2. The summed E-state index contributed by atoms with van der Waals surface area (Å²) in [6, 6.07) is 2.25. The lowest BCUT2D eigenvalue weighted by Gasteiger charge is -2.12. The minimum absolute atomic E-state index is 0.0554. The van der Waals surface area contributed by atoms with Crippen molar-refractivity contribution in [2.24, 2.45) is 0 Å². The molecule has 0 aliphatic heterocycles. The van der Waals surface area contributed by atoms with E-state index in [-0.39, 0.29) is 15.6 Å². The highest BCUT2D eigenvalue weighted by Gasteiger charge is 2.20. The number of carbonyl (C=O) groups excluding carboxylic acids is 2. The van der Waals surface area contributed by atoms with Crippen molar-refractivity contribution in [1.82, 2.24) is 5.32 Å². The van der Waals surface area contributed by atoms with Gasteiger partial charge in [0.25, 0.3) is 5.91 Å². The molecule has 1 rings (SSSR count). The maximum atomic E-state index is 12.3. The molecule has 0 unspecified atom stereocenters. The molecular weight excluding hydrogens is 319 g/mol. The van der Waals surface area contributed by atoms with Gasteiger partial charge >= 0.3 is 12.6 Å². The average Bonchev–Trinajstić information content (AvgIpc) is 2.37. The van der Waals surface area contributed by atoms with E-state index in [1.807, 2.05) is 0 Å². The van der Waals surface area contributed by atoms with Gasteiger partial charge in [-0.15, -0.1) is 0 Å². The normalized spacial score (nSPS) is 10.3. The van der Waals surface area contributed by atoms with Gasteiger partial charge < -0.3 is 14.8 Å². The van der Waals surface area contributed by atoms with Crippen LogP contribution in [0.4, 0.5) is 8.78 Å². The zero-order valence-corrected chi connectivity index (χ0v) is 11.6. The van der Waals surface area contributed by atoms with Crippen LogP contribution in [0.15, 0.2) is 12.1 Å². The monoisotopic (exact) mass is 327 g/mol. The largest absolute Gasteiger partial charge is 0.468 e. The van der Waals surface area contributed by atoms with Crippen LogP contribution in [0.5, 0.6) is 5.75 Å². The fraction of sp³-hybridized carbons (Fsp3) is 0.273. The van der Waals surface area contributed by atoms with Crippen molar-refractivity contribution in [1.29, 1.82) is 0 Å². The number of carbonyl (C=O) groups is 2. The standard InChI is InChI=1S/C11H9Cl2F2NO4/c1-19-8(17)4-16-10(18)6-2-5(12)3-7(13)9(6)20-11(14)15/h2-3,11H,4H2,1H3,(H,16,18). The van der Waals surface area contributed by atoms with Gasteiger partial charge in [-0.2, -0.15) is 8.78 Å². The Morgan fingerprint density at radius 2 is 2.00 bits per heavy atom. The molecule has 0 fully saturated rings. The third-order valence-corrected chi connectivity index (χ3v) is 2.58. The van der Waals surface area contributed by atoms with Crippen LogP contribution in [0.1, 0.15) is 10.4 Å². The molecule has 0 bridgehead atoms. The van der Waals surface area contributed by atoms with Gasteiger partial charge in [0.05, 0.1) is 17.7 Å². The highest BCUT2D eigenvalue weighted by Crippen LogP contribution is 2.33. The summed E-state index contributed by atoms with van der Waals surface area (Å²) in [5, 5.41) is 1.97. The number of benzene rings is 1. The van der Waals surface area contributed by atoms with Gasteiger partial charge in [0, 0.05) is 5.02 Å². The number of halogens is 4. The van der Waals surface area contributed by atoms with Crippen molar-refractivity contribution in [2.75, 3.05) is 13.7 Å². The maximum absolute atomic E-state index is 12.3. The Morgan fingerprint density at radius 3 is 2.55 bits per heavy atom. The molecule has 0 saturated carbocycles. The number of hydrogen-bond acceptors (Lipinski definition) is 4. The van der Waals surface area contributed by atoms with Crippen LogP contribution >= 0.6 is 23.2 Å². The first kappa shape index (κ1) is 16.5. The van der Waals surface area contributed by atoms with E-state index in [2.05, 4.69) is 14.8 Å². The van der Waals surface area contributed by atoms with E-state index >= 15 is 0 Å². The molecule has 1 aromatic rings. The average molecular weight is 328 g/mol. The molecule has 20 heavy (non-hydrogen) atoms. The lowest BCUT2D eigenvalue weighted by molar-refractivity contribution is -0.139. The highest BCUT2D eigenvalue weighted by molar-refractivity contribution is 6.36. The van der Waals surface area contributed by atoms with Crippen LogP contribution in [-0.2, 0) is 9.53 Å². The minimum Gasteiger partial charge on any atom is -0.468 e. The molecule has 0 saturated heterocycles. The van der Waals surface area contributed by atoms with E-state index in [4.69, 9.17) is 23.2 Å². The lowest BCUT2D eigenvalue weighted by Crippen LogP contribution is -2.30. The van der Waals surface area contributed by atoms with E-state index in [1.54, 1.807) is 0 Å². The molecule has 0 atom stereocenters. The summed E-state index contributed by atoms with van der Waals surface area (Å²) in [7, 11) is 1.13. The van der Waals surface area contributed by atoms with Gasteiger partial charge in [0.15, 0.2) is 5.75 Å². The highest BCUT2D eigenvalue weighted by atomic mass is 35.5. The number of esters is 1. The number of hydrogen-bond donors (Lipinski definition) is 1. The Bertz CT molecular complexity index is 525. The van der Waals surface area contributed by atoms with E-state index in [1.165, 1.54) is 0 Å². The Kier molecular flexibility index (Phi) is 5.97. The van der Waals surface area contributed by atoms with E-state index in [0.29, 0.717) is 0 Å². The number of ether oxygens (including phenoxy) is 2. The molecule has 0 radical (unpaired) electrons. The van der Waals surface area contributed by atoms with E-state index < -0.39 is 30.8 Å². The van der Waals surface area contributed by atoms with Crippen LogP contribution in [0.3, 0.4) is 0 Å². The summed E-state index contributed by atoms with van der Waals surface area (Å²) in [6.45, 7) is -3.60. The molecule has 9 heteroatoms. The van der Waals surface area contributed by atoms with Crippen LogP contribution < -0.4 is 10.1 Å². The minimum atomic E-state index is -3.17. The van der Waals surface area contributed by atoms with Crippen LogP contribution in [0.25, 0.3) is 0 Å².